The number of aryl methyl sites for hydroxylation is 1. The van der Waals surface area contributed by atoms with E-state index in [1.807, 2.05) is 14.0 Å². The molecule has 1 heterocycles. The summed E-state index contributed by atoms with van der Waals surface area (Å²) in [5.41, 5.74) is 0.0446. The fraction of sp³-hybridized carbons (Fsp3) is 0.857. The topological polar surface area (TPSA) is 54.2 Å². The molecule has 1 aliphatic rings. The quantitative estimate of drug-likeness (QED) is 0.882. The SMILES string of the molecule is Cc1nnc(CN(C)C(CO)C(C)(C)C)n1C1CC1. The van der Waals surface area contributed by atoms with Crippen molar-refractivity contribution in [1.29, 1.82) is 0 Å². The smallest absolute Gasteiger partial charge is 0.147 e. The van der Waals surface area contributed by atoms with E-state index in [9.17, 15) is 5.11 Å². The van der Waals surface area contributed by atoms with Gasteiger partial charge in [0.15, 0.2) is 0 Å². The normalized spacial score (nSPS) is 18.1. The second-order valence-electron chi connectivity index (χ2n) is 6.74. The molecule has 5 heteroatoms. The van der Waals surface area contributed by atoms with Gasteiger partial charge in [-0.2, -0.15) is 0 Å². The highest BCUT2D eigenvalue weighted by Crippen LogP contribution is 2.36. The predicted octanol–water partition coefficient (Wildman–Crippen LogP) is 1.76. The Bertz CT molecular complexity index is 431. The van der Waals surface area contributed by atoms with Crippen LogP contribution in [-0.2, 0) is 6.54 Å². The van der Waals surface area contributed by atoms with Gasteiger partial charge in [-0.15, -0.1) is 10.2 Å². The maximum absolute atomic E-state index is 9.62. The number of hydrogen-bond donors (Lipinski definition) is 1. The van der Waals surface area contributed by atoms with Crippen LogP contribution in [-0.4, -0.2) is 44.5 Å². The number of aliphatic hydroxyl groups excluding tert-OH is 1. The Morgan fingerprint density at radius 1 is 1.37 bits per heavy atom. The van der Waals surface area contributed by atoms with E-state index in [0.717, 1.165) is 18.2 Å². The predicted molar refractivity (Wildman–Crippen MR) is 74.8 cm³/mol. The van der Waals surface area contributed by atoms with Crippen LogP contribution in [0, 0.1) is 12.3 Å². The maximum atomic E-state index is 9.62. The zero-order valence-corrected chi connectivity index (χ0v) is 12.7. The van der Waals surface area contributed by atoms with Gasteiger partial charge in [0.25, 0.3) is 0 Å². The zero-order valence-electron chi connectivity index (χ0n) is 12.7. The van der Waals surface area contributed by atoms with Gasteiger partial charge in [0.1, 0.15) is 11.6 Å². The lowest BCUT2D eigenvalue weighted by Crippen LogP contribution is -2.44. The number of likely N-dealkylation sites (N-methyl/N-ethyl adjacent to an activating group) is 1. The third-order valence-corrected chi connectivity index (χ3v) is 3.94. The summed E-state index contributed by atoms with van der Waals surface area (Å²) in [5.74, 6) is 2.02. The summed E-state index contributed by atoms with van der Waals surface area (Å²) in [6, 6.07) is 0.720. The average molecular weight is 266 g/mol. The molecule has 1 N–H and O–H groups in total. The van der Waals surface area contributed by atoms with Crippen molar-refractivity contribution in [2.24, 2.45) is 5.41 Å². The van der Waals surface area contributed by atoms with Crippen molar-refractivity contribution in [3.05, 3.63) is 11.6 Å². The highest BCUT2D eigenvalue weighted by atomic mass is 16.3. The van der Waals surface area contributed by atoms with Gasteiger partial charge in [0.05, 0.1) is 13.2 Å². The van der Waals surface area contributed by atoms with Crippen molar-refractivity contribution in [2.45, 2.75) is 59.2 Å². The molecule has 1 atom stereocenters. The van der Waals surface area contributed by atoms with Crippen LogP contribution in [0.5, 0.6) is 0 Å². The molecule has 0 spiro atoms. The van der Waals surface area contributed by atoms with Gasteiger partial charge in [-0.1, -0.05) is 20.8 Å². The molecule has 1 fully saturated rings. The highest BCUT2D eigenvalue weighted by Gasteiger charge is 2.31. The van der Waals surface area contributed by atoms with E-state index in [0.29, 0.717) is 6.04 Å². The molecule has 19 heavy (non-hydrogen) atoms. The number of hydrogen-bond acceptors (Lipinski definition) is 4. The minimum Gasteiger partial charge on any atom is -0.395 e. The van der Waals surface area contributed by atoms with E-state index >= 15 is 0 Å². The third kappa shape index (κ3) is 3.15. The average Bonchev–Trinajstić information content (AvgIpc) is 3.04. The molecule has 108 valence electrons. The van der Waals surface area contributed by atoms with Gasteiger partial charge < -0.3 is 9.67 Å². The van der Waals surface area contributed by atoms with E-state index in [4.69, 9.17) is 0 Å². The van der Waals surface area contributed by atoms with Gasteiger partial charge in [0, 0.05) is 12.1 Å². The van der Waals surface area contributed by atoms with Crippen LogP contribution in [0.4, 0.5) is 0 Å². The van der Waals surface area contributed by atoms with Gasteiger partial charge in [-0.05, 0) is 32.2 Å². The molecule has 1 aromatic heterocycles. The first kappa shape index (κ1) is 14.5. The summed E-state index contributed by atoms with van der Waals surface area (Å²) in [4.78, 5) is 2.18. The molecule has 0 radical (unpaired) electrons. The molecule has 0 bridgehead atoms. The largest absolute Gasteiger partial charge is 0.395 e. The van der Waals surface area contributed by atoms with E-state index in [1.54, 1.807) is 0 Å². The lowest BCUT2D eigenvalue weighted by Gasteiger charge is -2.36. The Hall–Kier alpha value is -0.940. The minimum atomic E-state index is 0.0446. The molecule has 1 aliphatic carbocycles. The van der Waals surface area contributed by atoms with Crippen LogP contribution in [0.1, 0.15) is 51.3 Å². The first-order valence-corrected chi connectivity index (χ1v) is 7.06. The Morgan fingerprint density at radius 3 is 2.47 bits per heavy atom. The third-order valence-electron chi connectivity index (χ3n) is 3.94. The van der Waals surface area contributed by atoms with Crippen LogP contribution in [0.25, 0.3) is 0 Å². The van der Waals surface area contributed by atoms with E-state index < -0.39 is 0 Å². The fourth-order valence-corrected chi connectivity index (χ4v) is 2.74. The number of aromatic nitrogens is 3. The Labute approximate surface area is 115 Å². The summed E-state index contributed by atoms with van der Waals surface area (Å²) in [7, 11) is 2.05. The summed E-state index contributed by atoms with van der Waals surface area (Å²) in [6.45, 7) is 9.38. The van der Waals surface area contributed by atoms with E-state index in [-0.39, 0.29) is 18.1 Å². The van der Waals surface area contributed by atoms with Crippen LogP contribution in [0.3, 0.4) is 0 Å². The Kier molecular flexibility index (Phi) is 3.97. The second kappa shape index (κ2) is 5.21. The Balaban J connectivity index is 2.12. The molecule has 1 unspecified atom stereocenters. The second-order valence-corrected chi connectivity index (χ2v) is 6.74. The molecule has 0 amide bonds. The highest BCUT2D eigenvalue weighted by molar-refractivity contribution is 5.02. The molecular formula is C14H26N4O. The maximum Gasteiger partial charge on any atom is 0.147 e. The minimum absolute atomic E-state index is 0.0446. The summed E-state index contributed by atoms with van der Waals surface area (Å²) >= 11 is 0. The summed E-state index contributed by atoms with van der Waals surface area (Å²) < 4.78 is 2.26. The van der Waals surface area contributed by atoms with Gasteiger partial charge in [-0.25, -0.2) is 0 Å². The van der Waals surface area contributed by atoms with Gasteiger partial charge in [0.2, 0.25) is 0 Å². The van der Waals surface area contributed by atoms with Crippen molar-refractivity contribution in [3.8, 4) is 0 Å². The van der Waals surface area contributed by atoms with Crippen LogP contribution >= 0.6 is 0 Å². The molecular weight excluding hydrogens is 240 g/mol. The molecule has 1 saturated carbocycles. The first-order valence-electron chi connectivity index (χ1n) is 7.06. The summed E-state index contributed by atoms with van der Waals surface area (Å²) in [6.07, 6.45) is 2.47. The molecule has 1 aromatic rings. The van der Waals surface area contributed by atoms with Crippen molar-refractivity contribution in [1.82, 2.24) is 19.7 Å². The van der Waals surface area contributed by atoms with Crippen LogP contribution in [0.2, 0.25) is 0 Å². The molecule has 0 saturated heterocycles. The monoisotopic (exact) mass is 266 g/mol. The molecule has 2 rings (SSSR count). The lowest BCUT2D eigenvalue weighted by atomic mass is 9.86. The van der Waals surface area contributed by atoms with Gasteiger partial charge in [-0.3, -0.25) is 4.90 Å². The van der Waals surface area contributed by atoms with E-state index in [1.165, 1.54) is 12.8 Å². The van der Waals surface area contributed by atoms with Crippen molar-refractivity contribution >= 4 is 0 Å². The lowest BCUT2D eigenvalue weighted by molar-refractivity contribution is 0.0590. The van der Waals surface area contributed by atoms with Crippen molar-refractivity contribution in [3.63, 3.8) is 0 Å². The van der Waals surface area contributed by atoms with E-state index in [2.05, 4.69) is 40.4 Å². The summed E-state index contributed by atoms with van der Waals surface area (Å²) in [5, 5.41) is 18.1. The van der Waals surface area contributed by atoms with Gasteiger partial charge >= 0.3 is 0 Å². The Morgan fingerprint density at radius 2 is 2.00 bits per heavy atom. The van der Waals surface area contributed by atoms with Crippen LogP contribution in [0.15, 0.2) is 0 Å². The zero-order chi connectivity index (χ0) is 14.2. The van der Waals surface area contributed by atoms with Crippen LogP contribution < -0.4 is 0 Å². The van der Waals surface area contributed by atoms with Crippen molar-refractivity contribution < 1.29 is 5.11 Å². The standard InChI is InChI=1S/C14H26N4O/c1-10-15-16-13(18(10)11-6-7-11)8-17(5)12(9-19)14(2,3)4/h11-12,19H,6-9H2,1-5H3. The first-order chi connectivity index (χ1) is 8.84. The van der Waals surface area contributed by atoms with Crippen molar-refractivity contribution in [2.75, 3.05) is 13.7 Å². The molecule has 0 aromatic carbocycles. The number of aliphatic hydroxyl groups is 1. The fourth-order valence-electron chi connectivity index (χ4n) is 2.74. The number of nitrogens with zero attached hydrogens (tertiary/aromatic N) is 4. The molecule has 5 nitrogen and oxygen atoms in total. The molecule has 0 aliphatic heterocycles. The number of rotatable bonds is 5.